The highest BCUT2D eigenvalue weighted by molar-refractivity contribution is 7.90. The summed E-state index contributed by atoms with van der Waals surface area (Å²) in [6.45, 7) is 3.72. The topological polar surface area (TPSA) is 181 Å². The molecule has 1 aliphatic rings. The molecule has 6 N–H and O–H groups in total. The Hall–Kier alpha value is -6.09. The second-order valence-corrected chi connectivity index (χ2v) is 13.2. The Balaban J connectivity index is 1.30. The molecule has 4 heterocycles. The number of nitrogens with zero attached hydrogens (tertiary/aromatic N) is 5. The minimum Gasteiger partial charge on any atom is -0.508 e. The van der Waals surface area contributed by atoms with Crippen LogP contribution in [0, 0.1) is 12.7 Å². The van der Waals surface area contributed by atoms with Gasteiger partial charge in [-0.1, -0.05) is 18.2 Å². The van der Waals surface area contributed by atoms with Gasteiger partial charge in [-0.3, -0.25) is 14.4 Å². The summed E-state index contributed by atoms with van der Waals surface area (Å²) in [6.07, 6.45) is 3.61. The molecular weight excluding hydrogens is 639 g/mol. The van der Waals surface area contributed by atoms with Crippen molar-refractivity contribution < 1.29 is 27.8 Å². The second kappa shape index (κ2) is 11.3. The summed E-state index contributed by atoms with van der Waals surface area (Å²) in [7, 11) is -4.51. The number of aromatic nitrogens is 4. The molecule has 7 rings (SSSR count). The number of benzene rings is 3. The van der Waals surface area contributed by atoms with E-state index < -0.39 is 38.7 Å². The fourth-order valence-electron chi connectivity index (χ4n) is 6.00. The standard InChI is InChI=1S/C33H29FN8O5S/c1-18-10-12-40-29(18)33(45)42(21-6-4-3-5-7-21)32(39-40)19(2)38-31-28(30(35)36-17-37-31)20-14-25-23(26(44)15-20)11-13-41(25)48(46,47)27-9-8-22(43)16-24(27)34/h3-17,19,32,39,43-44H,1-2H3,(H3,35,36,37,38)/t19-,32?/m0/s1. The lowest BCUT2D eigenvalue weighted by molar-refractivity contribution is 0.0954. The smallest absolute Gasteiger partial charge is 0.278 e. The third-order valence-electron chi connectivity index (χ3n) is 8.30. The van der Waals surface area contributed by atoms with E-state index in [2.05, 4.69) is 20.7 Å². The number of para-hydroxylation sites is 1. The number of nitrogens with one attached hydrogen (secondary N) is 2. The van der Waals surface area contributed by atoms with Crippen LogP contribution in [-0.2, 0) is 10.0 Å². The zero-order chi connectivity index (χ0) is 33.9. The zero-order valence-corrected chi connectivity index (χ0v) is 26.4. The highest BCUT2D eigenvalue weighted by Gasteiger charge is 2.38. The molecule has 1 amide bonds. The molecule has 0 radical (unpaired) electrons. The Kier molecular flexibility index (Phi) is 7.20. The molecule has 0 bridgehead atoms. The molecule has 0 saturated carbocycles. The zero-order valence-electron chi connectivity index (χ0n) is 25.5. The van der Waals surface area contributed by atoms with Crippen LogP contribution in [0.2, 0.25) is 0 Å². The van der Waals surface area contributed by atoms with Crippen LogP contribution in [0.5, 0.6) is 11.5 Å². The number of phenolic OH excluding ortho intramolecular Hbond substituents is 2. The summed E-state index contributed by atoms with van der Waals surface area (Å²) in [6, 6.07) is 17.6. The maximum Gasteiger partial charge on any atom is 0.278 e. The van der Waals surface area contributed by atoms with Gasteiger partial charge in [0, 0.05) is 29.5 Å². The van der Waals surface area contributed by atoms with Crippen molar-refractivity contribution in [3.8, 4) is 22.6 Å². The minimum atomic E-state index is -4.51. The number of hydrogen-bond acceptors (Lipinski definition) is 10. The lowest BCUT2D eigenvalue weighted by Gasteiger charge is -2.41. The summed E-state index contributed by atoms with van der Waals surface area (Å²) >= 11 is 0. The maximum atomic E-state index is 14.7. The molecule has 15 heteroatoms. The fraction of sp³-hybridized carbons (Fsp3) is 0.121. The van der Waals surface area contributed by atoms with Crippen LogP contribution in [0.25, 0.3) is 22.0 Å². The molecule has 2 atom stereocenters. The van der Waals surface area contributed by atoms with Gasteiger partial charge < -0.3 is 26.7 Å². The van der Waals surface area contributed by atoms with Crippen LogP contribution in [-0.4, -0.2) is 55.4 Å². The number of carbonyl (C=O) groups excluding carboxylic acids is 1. The fourth-order valence-corrected chi connectivity index (χ4v) is 7.39. The number of amides is 1. The number of hydrogen-bond donors (Lipinski definition) is 5. The van der Waals surface area contributed by atoms with Crippen molar-refractivity contribution >= 4 is 44.2 Å². The molecule has 0 fully saturated rings. The van der Waals surface area contributed by atoms with Crippen LogP contribution < -0.4 is 21.4 Å². The van der Waals surface area contributed by atoms with Crippen LogP contribution in [0.1, 0.15) is 23.0 Å². The van der Waals surface area contributed by atoms with E-state index in [0.29, 0.717) is 17.4 Å². The number of nitrogen functional groups attached to an aromatic ring is 1. The van der Waals surface area contributed by atoms with Gasteiger partial charge in [0.25, 0.3) is 15.9 Å². The Morgan fingerprint density at radius 3 is 2.54 bits per heavy atom. The predicted octanol–water partition coefficient (Wildman–Crippen LogP) is 4.61. The molecule has 1 unspecified atom stereocenters. The number of rotatable bonds is 7. The Morgan fingerprint density at radius 1 is 1.02 bits per heavy atom. The molecule has 0 aliphatic carbocycles. The van der Waals surface area contributed by atoms with Crippen molar-refractivity contribution in [2.45, 2.75) is 31.0 Å². The van der Waals surface area contributed by atoms with Gasteiger partial charge in [0.05, 0.1) is 17.1 Å². The lowest BCUT2D eigenvalue weighted by Crippen LogP contribution is -2.59. The third-order valence-corrected chi connectivity index (χ3v) is 10.0. The summed E-state index contributed by atoms with van der Waals surface area (Å²) in [4.78, 5) is 23.4. The van der Waals surface area contributed by atoms with E-state index in [1.165, 1.54) is 30.7 Å². The summed E-state index contributed by atoms with van der Waals surface area (Å²) in [5.41, 5.74) is 12.3. The number of anilines is 3. The van der Waals surface area contributed by atoms with Crippen LogP contribution in [0.4, 0.5) is 21.7 Å². The summed E-state index contributed by atoms with van der Waals surface area (Å²) < 4.78 is 44.4. The van der Waals surface area contributed by atoms with E-state index >= 15 is 0 Å². The van der Waals surface area contributed by atoms with Gasteiger partial charge in [0.15, 0.2) is 0 Å². The molecule has 1 aliphatic heterocycles. The molecule has 6 aromatic rings. The first kappa shape index (κ1) is 30.6. The van der Waals surface area contributed by atoms with Crippen LogP contribution in [0.15, 0.2) is 96.4 Å². The second-order valence-electron chi connectivity index (χ2n) is 11.4. The molecule has 0 spiro atoms. The molecule has 0 saturated heterocycles. The maximum absolute atomic E-state index is 14.7. The van der Waals surface area contributed by atoms with Crippen molar-refractivity contribution in [2.75, 3.05) is 21.4 Å². The molecule has 48 heavy (non-hydrogen) atoms. The highest BCUT2D eigenvalue weighted by Crippen LogP contribution is 2.39. The van der Waals surface area contributed by atoms with E-state index in [9.17, 15) is 27.8 Å². The Bertz CT molecular complexity index is 2340. The first-order valence-electron chi connectivity index (χ1n) is 14.7. The Labute approximate surface area is 273 Å². The normalized spacial score (nSPS) is 15.3. The predicted molar refractivity (Wildman–Crippen MR) is 178 cm³/mol. The van der Waals surface area contributed by atoms with Gasteiger partial charge in [0.2, 0.25) is 0 Å². The number of fused-ring (bicyclic) bond motifs is 2. The quantitative estimate of drug-likeness (QED) is 0.161. The van der Waals surface area contributed by atoms with E-state index in [4.69, 9.17) is 5.73 Å². The van der Waals surface area contributed by atoms with E-state index in [1.807, 2.05) is 50.2 Å². The average molecular weight is 669 g/mol. The third kappa shape index (κ3) is 4.91. The van der Waals surface area contributed by atoms with Gasteiger partial charge in [0.1, 0.15) is 52.0 Å². The van der Waals surface area contributed by atoms with E-state index in [0.717, 1.165) is 21.7 Å². The number of halogens is 1. The molecular formula is C33H29FN8O5S. The number of nitrogens with two attached hydrogens (primary N) is 1. The molecule has 13 nitrogen and oxygen atoms in total. The van der Waals surface area contributed by atoms with Gasteiger partial charge in [-0.2, -0.15) is 0 Å². The van der Waals surface area contributed by atoms with Crippen LogP contribution in [0.3, 0.4) is 0 Å². The number of aromatic hydroxyl groups is 2. The SMILES string of the molecule is Cc1ccn2c1C(=O)N(c1ccccc1)C([C@H](C)Nc1ncnc(N)c1-c1cc(O)c3ccn(S(=O)(=O)c4ccc(O)cc4F)c3c1)N2. The minimum absolute atomic E-state index is 0.0277. The van der Waals surface area contributed by atoms with Gasteiger partial charge in [-0.15, -0.1) is 0 Å². The largest absolute Gasteiger partial charge is 0.508 e. The average Bonchev–Trinajstić information content (AvgIpc) is 3.66. The summed E-state index contributed by atoms with van der Waals surface area (Å²) in [5, 5.41) is 24.2. The van der Waals surface area contributed by atoms with E-state index in [-0.39, 0.29) is 45.3 Å². The van der Waals surface area contributed by atoms with Gasteiger partial charge in [-0.05, 0) is 73.5 Å². The van der Waals surface area contributed by atoms with Crippen LogP contribution >= 0.6 is 0 Å². The highest BCUT2D eigenvalue weighted by atomic mass is 32.2. The lowest BCUT2D eigenvalue weighted by atomic mass is 10.0. The van der Waals surface area contributed by atoms with Crippen molar-refractivity contribution in [2.24, 2.45) is 0 Å². The van der Waals surface area contributed by atoms with Crippen molar-refractivity contribution in [3.05, 3.63) is 109 Å². The molecule has 244 valence electrons. The van der Waals surface area contributed by atoms with Crippen molar-refractivity contribution in [1.82, 2.24) is 18.6 Å². The van der Waals surface area contributed by atoms with Gasteiger partial charge in [-0.25, -0.2) is 26.7 Å². The monoisotopic (exact) mass is 668 g/mol. The summed E-state index contributed by atoms with van der Waals surface area (Å²) in [5.74, 6) is -1.77. The van der Waals surface area contributed by atoms with Crippen molar-refractivity contribution in [1.29, 1.82) is 0 Å². The van der Waals surface area contributed by atoms with Crippen molar-refractivity contribution in [3.63, 3.8) is 0 Å². The number of carbonyl (C=O) groups is 1. The first-order valence-corrected chi connectivity index (χ1v) is 16.2. The first-order chi connectivity index (χ1) is 23.0. The molecule has 3 aromatic carbocycles. The Morgan fingerprint density at radius 2 is 1.79 bits per heavy atom. The molecule has 3 aromatic heterocycles. The number of phenols is 2. The van der Waals surface area contributed by atoms with Gasteiger partial charge >= 0.3 is 0 Å². The number of aryl methyl sites for hydroxylation is 1. The van der Waals surface area contributed by atoms with E-state index in [1.54, 1.807) is 15.8 Å².